The van der Waals surface area contributed by atoms with Gasteiger partial charge < -0.3 is 15.2 Å². The van der Waals surface area contributed by atoms with Gasteiger partial charge in [-0.1, -0.05) is 51.1 Å². The molecule has 156 valence electrons. The molecule has 1 unspecified atom stereocenters. The summed E-state index contributed by atoms with van der Waals surface area (Å²) in [4.78, 5) is 31.0. The van der Waals surface area contributed by atoms with Crippen LogP contribution in [0.15, 0.2) is 48.5 Å². The Kier molecular flexibility index (Phi) is 5.14. The lowest BCUT2D eigenvalue weighted by Crippen LogP contribution is -2.48. The minimum absolute atomic E-state index is 0.0355. The quantitative estimate of drug-likeness (QED) is 0.689. The molecule has 1 atom stereocenters. The first-order chi connectivity index (χ1) is 14.2. The van der Waals surface area contributed by atoms with E-state index in [1.807, 2.05) is 41.3 Å². The van der Waals surface area contributed by atoms with Crippen molar-refractivity contribution in [1.29, 1.82) is 0 Å². The lowest BCUT2D eigenvalue weighted by molar-refractivity contribution is -0.133. The monoisotopic (exact) mass is 403 g/mol. The van der Waals surface area contributed by atoms with Gasteiger partial charge in [-0.3, -0.25) is 9.59 Å². The highest BCUT2D eigenvalue weighted by Crippen LogP contribution is 2.28. The van der Waals surface area contributed by atoms with E-state index in [0.29, 0.717) is 18.7 Å². The van der Waals surface area contributed by atoms with Crippen LogP contribution in [0.4, 0.5) is 0 Å². The maximum absolute atomic E-state index is 13.0. The highest BCUT2D eigenvalue weighted by Gasteiger charge is 2.28. The molecule has 0 bridgehead atoms. The number of amides is 2. The Morgan fingerprint density at radius 1 is 1.07 bits per heavy atom. The van der Waals surface area contributed by atoms with Crippen LogP contribution in [0.5, 0.6) is 0 Å². The van der Waals surface area contributed by atoms with E-state index in [9.17, 15) is 9.59 Å². The molecular formula is C25H29N3O2. The summed E-state index contributed by atoms with van der Waals surface area (Å²) in [7, 11) is 0. The summed E-state index contributed by atoms with van der Waals surface area (Å²) >= 11 is 0. The fourth-order valence-electron chi connectivity index (χ4n) is 4.09. The predicted molar refractivity (Wildman–Crippen MR) is 119 cm³/mol. The number of hydrogen-bond donors (Lipinski definition) is 2. The lowest BCUT2D eigenvalue weighted by Gasteiger charge is -2.30. The average molecular weight is 404 g/mol. The zero-order valence-electron chi connectivity index (χ0n) is 18.1. The Balaban J connectivity index is 1.43. The van der Waals surface area contributed by atoms with Crippen LogP contribution >= 0.6 is 0 Å². The SMILES string of the molecule is CC(NC(=O)c1ccc(C(C)(C)C)cc1)C(=O)N1CCc2[nH]c3ccccc3c2C1. The minimum Gasteiger partial charge on any atom is -0.358 e. The van der Waals surface area contributed by atoms with E-state index in [0.717, 1.165) is 11.9 Å². The summed E-state index contributed by atoms with van der Waals surface area (Å²) in [5, 5.41) is 4.04. The fourth-order valence-corrected chi connectivity index (χ4v) is 4.09. The van der Waals surface area contributed by atoms with E-state index < -0.39 is 6.04 Å². The lowest BCUT2D eigenvalue weighted by atomic mass is 9.86. The molecule has 30 heavy (non-hydrogen) atoms. The molecule has 1 aromatic heterocycles. The van der Waals surface area contributed by atoms with Crippen LogP contribution in [-0.2, 0) is 23.2 Å². The van der Waals surface area contributed by atoms with Crippen LogP contribution in [0, 0.1) is 0 Å². The molecule has 5 heteroatoms. The molecule has 5 nitrogen and oxygen atoms in total. The molecule has 2 N–H and O–H groups in total. The Labute approximate surface area is 177 Å². The van der Waals surface area contributed by atoms with Crippen molar-refractivity contribution in [3.63, 3.8) is 0 Å². The van der Waals surface area contributed by atoms with Crippen molar-refractivity contribution in [1.82, 2.24) is 15.2 Å². The fraction of sp³-hybridized carbons (Fsp3) is 0.360. The van der Waals surface area contributed by atoms with Gasteiger partial charge in [0, 0.05) is 47.2 Å². The third-order valence-corrected chi connectivity index (χ3v) is 5.93. The number of fused-ring (bicyclic) bond motifs is 3. The number of hydrogen-bond acceptors (Lipinski definition) is 2. The van der Waals surface area contributed by atoms with Gasteiger partial charge in [-0.2, -0.15) is 0 Å². The van der Waals surface area contributed by atoms with Crippen molar-refractivity contribution in [2.24, 2.45) is 0 Å². The molecular weight excluding hydrogens is 374 g/mol. The number of H-pyrrole nitrogens is 1. The highest BCUT2D eigenvalue weighted by atomic mass is 16.2. The van der Waals surface area contributed by atoms with Crippen LogP contribution in [0.25, 0.3) is 10.9 Å². The van der Waals surface area contributed by atoms with E-state index in [2.05, 4.69) is 43.2 Å². The predicted octanol–water partition coefficient (Wildman–Crippen LogP) is 4.17. The van der Waals surface area contributed by atoms with Gasteiger partial charge >= 0.3 is 0 Å². The van der Waals surface area contributed by atoms with Crippen LogP contribution in [-0.4, -0.2) is 34.3 Å². The molecule has 2 aromatic carbocycles. The van der Waals surface area contributed by atoms with E-state index in [1.54, 1.807) is 6.92 Å². The molecule has 1 aliphatic rings. The highest BCUT2D eigenvalue weighted by molar-refractivity contribution is 5.97. The first kappa shape index (κ1) is 20.2. The maximum Gasteiger partial charge on any atom is 0.251 e. The van der Waals surface area contributed by atoms with Crippen molar-refractivity contribution >= 4 is 22.7 Å². The van der Waals surface area contributed by atoms with Gasteiger partial charge in [0.2, 0.25) is 5.91 Å². The number of benzene rings is 2. The Hall–Kier alpha value is -3.08. The summed E-state index contributed by atoms with van der Waals surface area (Å²) in [5.74, 6) is -0.272. The number of aromatic nitrogens is 1. The summed E-state index contributed by atoms with van der Waals surface area (Å²) in [6.07, 6.45) is 0.796. The molecule has 0 fully saturated rings. The van der Waals surface area contributed by atoms with Gasteiger partial charge in [-0.15, -0.1) is 0 Å². The number of nitrogens with one attached hydrogen (secondary N) is 2. The largest absolute Gasteiger partial charge is 0.358 e. The molecule has 0 saturated carbocycles. The van der Waals surface area contributed by atoms with E-state index in [1.165, 1.54) is 22.2 Å². The summed E-state index contributed by atoms with van der Waals surface area (Å²) < 4.78 is 0. The molecule has 2 heterocycles. The molecule has 4 rings (SSSR count). The van der Waals surface area contributed by atoms with Crippen molar-refractivity contribution in [3.8, 4) is 0 Å². The molecule has 0 radical (unpaired) electrons. The zero-order chi connectivity index (χ0) is 21.5. The van der Waals surface area contributed by atoms with E-state index in [4.69, 9.17) is 0 Å². The van der Waals surface area contributed by atoms with Gasteiger partial charge in [0.1, 0.15) is 6.04 Å². The van der Waals surface area contributed by atoms with E-state index >= 15 is 0 Å². The summed E-state index contributed by atoms with van der Waals surface area (Å²) in [5.41, 5.74) is 5.27. The van der Waals surface area contributed by atoms with Gasteiger partial charge in [0.15, 0.2) is 0 Å². The molecule has 0 saturated heterocycles. The number of carbonyl (C=O) groups is 2. The second kappa shape index (κ2) is 7.63. The first-order valence-electron chi connectivity index (χ1n) is 10.5. The molecule has 1 aliphatic heterocycles. The van der Waals surface area contributed by atoms with Gasteiger partial charge in [0.05, 0.1) is 0 Å². The minimum atomic E-state index is -0.577. The van der Waals surface area contributed by atoms with Crippen LogP contribution in [0.1, 0.15) is 54.9 Å². The smallest absolute Gasteiger partial charge is 0.251 e. The summed E-state index contributed by atoms with van der Waals surface area (Å²) in [6.45, 7) is 9.40. The number of aromatic amines is 1. The number of carbonyl (C=O) groups excluding carboxylic acids is 2. The number of nitrogens with zero attached hydrogens (tertiary/aromatic N) is 1. The van der Waals surface area contributed by atoms with Crippen molar-refractivity contribution in [3.05, 3.63) is 70.9 Å². The normalized spacial score (nSPS) is 15.0. The average Bonchev–Trinajstić information content (AvgIpc) is 3.10. The maximum atomic E-state index is 13.0. The van der Waals surface area contributed by atoms with Crippen molar-refractivity contribution in [2.75, 3.05) is 6.54 Å². The number of para-hydroxylation sites is 1. The van der Waals surface area contributed by atoms with Gasteiger partial charge in [-0.05, 0) is 36.1 Å². The van der Waals surface area contributed by atoms with Gasteiger partial charge in [0.25, 0.3) is 5.91 Å². The standard InChI is InChI=1S/C25H29N3O2/c1-16(26-23(29)17-9-11-18(12-10-17)25(2,3)4)24(30)28-14-13-22-20(15-28)19-7-5-6-8-21(19)27-22/h5-12,16,27H,13-15H2,1-4H3,(H,26,29). The Morgan fingerprint density at radius 2 is 1.77 bits per heavy atom. The van der Waals surface area contributed by atoms with Crippen LogP contribution in [0.3, 0.4) is 0 Å². The summed E-state index contributed by atoms with van der Waals surface area (Å²) in [6, 6.07) is 15.2. The molecule has 0 aliphatic carbocycles. The second-order valence-corrected chi connectivity index (χ2v) is 9.16. The molecule has 2 amide bonds. The topological polar surface area (TPSA) is 65.2 Å². The third kappa shape index (κ3) is 3.84. The third-order valence-electron chi connectivity index (χ3n) is 5.93. The van der Waals surface area contributed by atoms with Crippen molar-refractivity contribution in [2.45, 2.75) is 52.1 Å². The first-order valence-corrected chi connectivity index (χ1v) is 10.5. The number of rotatable bonds is 3. The Morgan fingerprint density at radius 3 is 2.47 bits per heavy atom. The zero-order valence-corrected chi connectivity index (χ0v) is 18.1. The molecule has 3 aromatic rings. The Bertz CT molecular complexity index is 1090. The van der Waals surface area contributed by atoms with Gasteiger partial charge in [-0.25, -0.2) is 0 Å². The van der Waals surface area contributed by atoms with Crippen LogP contribution < -0.4 is 5.32 Å². The van der Waals surface area contributed by atoms with Crippen LogP contribution in [0.2, 0.25) is 0 Å². The second-order valence-electron chi connectivity index (χ2n) is 9.16. The molecule has 0 spiro atoms. The van der Waals surface area contributed by atoms with E-state index in [-0.39, 0.29) is 17.2 Å². The van der Waals surface area contributed by atoms with Crippen molar-refractivity contribution < 1.29 is 9.59 Å².